The van der Waals surface area contributed by atoms with Crippen molar-refractivity contribution in [2.75, 3.05) is 0 Å². The first-order valence-electron chi connectivity index (χ1n) is 15.0. The Balaban J connectivity index is 1.39. The molecule has 0 radical (unpaired) electrons. The van der Waals surface area contributed by atoms with E-state index in [2.05, 4.69) is 36.6 Å². The normalized spacial score (nSPS) is 13.8. The highest BCUT2D eigenvalue weighted by Gasteiger charge is 2.40. The topological polar surface area (TPSA) is 78.5 Å². The smallest absolute Gasteiger partial charge is 0.264 e. The summed E-state index contributed by atoms with van der Waals surface area (Å²) >= 11 is 0. The van der Waals surface area contributed by atoms with Gasteiger partial charge in [-0.1, -0.05) is 97.1 Å². The van der Waals surface area contributed by atoms with Crippen LogP contribution >= 0.6 is 0 Å². The van der Waals surface area contributed by atoms with Crippen LogP contribution in [-0.4, -0.2) is 35.0 Å². The SMILES string of the molecule is CC1(C)c2ccccc2C(=O)n2c1nc1ccc3c(c4ccccc4n3-c3nc(-c4ccccc4)nc(-c4ccccc4)n3)c12. The second kappa shape index (κ2) is 9.27. The number of aromatic nitrogens is 6. The van der Waals surface area contributed by atoms with Crippen LogP contribution in [0.1, 0.15) is 35.6 Å². The molecule has 0 fully saturated rings. The molecule has 0 aliphatic carbocycles. The summed E-state index contributed by atoms with van der Waals surface area (Å²) in [5.41, 5.74) is 6.43. The minimum absolute atomic E-state index is 0.0651. The largest absolute Gasteiger partial charge is 0.278 e. The highest BCUT2D eigenvalue weighted by Crippen LogP contribution is 2.43. The van der Waals surface area contributed by atoms with E-state index in [0.29, 0.717) is 23.2 Å². The van der Waals surface area contributed by atoms with Crippen LogP contribution in [0.25, 0.3) is 61.6 Å². The maximum Gasteiger partial charge on any atom is 0.264 e. The van der Waals surface area contributed by atoms with Crippen molar-refractivity contribution in [3.8, 4) is 28.7 Å². The first-order chi connectivity index (χ1) is 22.0. The molecule has 0 atom stereocenters. The summed E-state index contributed by atoms with van der Waals surface area (Å²) in [5, 5.41) is 1.93. The highest BCUT2D eigenvalue weighted by atomic mass is 16.2. The summed E-state index contributed by atoms with van der Waals surface area (Å²) in [7, 11) is 0. The first-order valence-corrected chi connectivity index (χ1v) is 15.0. The van der Waals surface area contributed by atoms with Gasteiger partial charge in [0, 0.05) is 32.9 Å². The number of hydrogen-bond donors (Lipinski definition) is 0. The minimum Gasteiger partial charge on any atom is -0.278 e. The van der Waals surface area contributed by atoms with Crippen molar-refractivity contribution >= 4 is 38.7 Å². The van der Waals surface area contributed by atoms with Crippen LogP contribution in [0, 0.1) is 0 Å². The molecule has 1 aliphatic rings. The van der Waals surface area contributed by atoms with Crippen LogP contribution in [0.3, 0.4) is 0 Å². The molecule has 1 aliphatic heterocycles. The summed E-state index contributed by atoms with van der Waals surface area (Å²) in [5.74, 6) is 2.35. The molecule has 7 nitrogen and oxygen atoms in total. The quantitative estimate of drug-likeness (QED) is 0.211. The Morgan fingerprint density at radius 3 is 1.91 bits per heavy atom. The lowest BCUT2D eigenvalue weighted by atomic mass is 9.78. The molecule has 0 amide bonds. The van der Waals surface area contributed by atoms with Crippen molar-refractivity contribution in [1.82, 2.24) is 29.1 Å². The van der Waals surface area contributed by atoms with E-state index in [9.17, 15) is 4.79 Å². The fourth-order valence-corrected chi connectivity index (χ4v) is 6.80. The fraction of sp³-hybridized carbons (Fsp3) is 0.0789. The number of rotatable bonds is 3. The highest BCUT2D eigenvalue weighted by molar-refractivity contribution is 6.22. The zero-order valence-corrected chi connectivity index (χ0v) is 24.6. The molecule has 45 heavy (non-hydrogen) atoms. The summed E-state index contributed by atoms with van der Waals surface area (Å²) in [4.78, 5) is 34.3. The Morgan fingerprint density at radius 1 is 0.578 bits per heavy atom. The van der Waals surface area contributed by atoms with Crippen molar-refractivity contribution in [2.45, 2.75) is 19.3 Å². The maximum absolute atomic E-state index is 14.2. The third kappa shape index (κ3) is 3.61. The maximum atomic E-state index is 14.2. The van der Waals surface area contributed by atoms with Gasteiger partial charge in [0.15, 0.2) is 11.6 Å². The number of hydrogen-bond acceptors (Lipinski definition) is 5. The fourth-order valence-electron chi connectivity index (χ4n) is 6.80. The molecular formula is C38H26N6O. The number of para-hydroxylation sites is 1. The lowest BCUT2D eigenvalue weighted by Crippen LogP contribution is -2.35. The molecule has 8 aromatic rings. The predicted molar refractivity (Wildman–Crippen MR) is 177 cm³/mol. The van der Waals surface area contributed by atoms with Gasteiger partial charge in [0.1, 0.15) is 5.82 Å². The lowest BCUT2D eigenvalue weighted by Gasteiger charge is -2.31. The third-order valence-corrected chi connectivity index (χ3v) is 8.93. The molecule has 0 N–H and O–H groups in total. The standard InChI is InChI=1S/C38H26N6O/c1-38(2)27-19-11-9-17-25(27)35(45)44-32-28(39-36(38)44)21-22-30-31(32)26-18-10-12-20-29(26)43(30)37-41-33(23-13-5-3-6-14-23)40-34(42-37)24-15-7-4-8-16-24/h3-22H,1-2H3. The van der Waals surface area contributed by atoms with E-state index < -0.39 is 5.41 Å². The van der Waals surface area contributed by atoms with Crippen LogP contribution in [0.4, 0.5) is 0 Å². The molecule has 0 spiro atoms. The average Bonchev–Trinajstić information content (AvgIpc) is 3.65. The number of carbonyl (C=O) groups is 1. The van der Waals surface area contributed by atoms with E-state index in [1.807, 2.05) is 108 Å². The Bertz CT molecular complexity index is 2420. The molecular weight excluding hydrogens is 556 g/mol. The molecule has 0 saturated heterocycles. The van der Waals surface area contributed by atoms with E-state index in [4.69, 9.17) is 19.9 Å². The van der Waals surface area contributed by atoms with Crippen LogP contribution in [0.5, 0.6) is 0 Å². The van der Waals surface area contributed by atoms with Gasteiger partial charge in [-0.05, 0) is 43.7 Å². The Labute approximate surface area is 258 Å². The second-order valence-electron chi connectivity index (χ2n) is 11.9. The van der Waals surface area contributed by atoms with Crippen molar-refractivity contribution in [2.24, 2.45) is 0 Å². The van der Waals surface area contributed by atoms with E-state index in [1.54, 1.807) is 0 Å². The molecule has 0 bridgehead atoms. The summed E-state index contributed by atoms with van der Waals surface area (Å²) < 4.78 is 3.91. The zero-order chi connectivity index (χ0) is 30.3. The number of fused-ring (bicyclic) bond motifs is 8. The average molecular weight is 583 g/mol. The van der Waals surface area contributed by atoms with Gasteiger partial charge >= 0.3 is 0 Å². The van der Waals surface area contributed by atoms with Gasteiger partial charge < -0.3 is 0 Å². The van der Waals surface area contributed by atoms with Crippen molar-refractivity contribution in [3.63, 3.8) is 0 Å². The van der Waals surface area contributed by atoms with Gasteiger partial charge in [-0.2, -0.15) is 9.97 Å². The lowest BCUT2D eigenvalue weighted by molar-refractivity contribution is 0.0948. The molecule has 3 aromatic heterocycles. The van der Waals surface area contributed by atoms with Crippen molar-refractivity contribution in [3.05, 3.63) is 138 Å². The van der Waals surface area contributed by atoms with Gasteiger partial charge in [0.2, 0.25) is 5.95 Å². The van der Waals surface area contributed by atoms with Crippen molar-refractivity contribution in [1.29, 1.82) is 0 Å². The predicted octanol–water partition coefficient (Wildman–Crippen LogP) is 7.98. The summed E-state index contributed by atoms with van der Waals surface area (Å²) in [6.07, 6.45) is 0. The minimum atomic E-state index is -0.461. The van der Waals surface area contributed by atoms with Gasteiger partial charge in [-0.15, -0.1) is 0 Å². The van der Waals surface area contributed by atoms with E-state index in [1.165, 1.54) is 0 Å². The van der Waals surface area contributed by atoms with Crippen LogP contribution < -0.4 is 0 Å². The molecule has 0 unspecified atom stereocenters. The van der Waals surface area contributed by atoms with E-state index in [-0.39, 0.29) is 5.91 Å². The zero-order valence-electron chi connectivity index (χ0n) is 24.6. The molecule has 9 rings (SSSR count). The Kier molecular flexibility index (Phi) is 5.26. The van der Waals surface area contributed by atoms with Crippen molar-refractivity contribution < 1.29 is 4.79 Å². The van der Waals surface area contributed by atoms with Gasteiger partial charge in [-0.25, -0.2) is 9.97 Å². The van der Waals surface area contributed by atoms with Crippen LogP contribution in [0.2, 0.25) is 0 Å². The molecule has 0 saturated carbocycles. The Morgan fingerprint density at radius 2 is 1.20 bits per heavy atom. The molecule has 7 heteroatoms. The molecule has 5 aromatic carbocycles. The van der Waals surface area contributed by atoms with Crippen LogP contribution in [0.15, 0.2) is 121 Å². The summed E-state index contributed by atoms with van der Waals surface area (Å²) in [6, 6.07) is 40.1. The Hall–Kier alpha value is -5.95. The molecule has 4 heterocycles. The van der Waals surface area contributed by atoms with Gasteiger partial charge in [0.25, 0.3) is 5.91 Å². The first kappa shape index (κ1) is 25.5. The van der Waals surface area contributed by atoms with Gasteiger partial charge in [0.05, 0.1) is 22.1 Å². The number of nitrogens with zero attached hydrogens (tertiary/aromatic N) is 6. The second-order valence-corrected chi connectivity index (χ2v) is 11.9. The monoisotopic (exact) mass is 582 g/mol. The summed E-state index contributed by atoms with van der Waals surface area (Å²) in [6.45, 7) is 4.27. The van der Waals surface area contributed by atoms with Gasteiger partial charge in [-0.3, -0.25) is 13.9 Å². The number of imidazole rings is 1. The number of carbonyl (C=O) groups excluding carboxylic acids is 1. The third-order valence-electron chi connectivity index (χ3n) is 8.93. The number of benzene rings is 5. The van der Waals surface area contributed by atoms with E-state index in [0.717, 1.165) is 55.4 Å². The molecule has 214 valence electrons. The van der Waals surface area contributed by atoms with Crippen LogP contribution in [-0.2, 0) is 5.41 Å². The van der Waals surface area contributed by atoms with E-state index >= 15 is 0 Å².